The third-order valence-electron chi connectivity index (χ3n) is 3.58. The van der Waals surface area contributed by atoms with E-state index >= 15 is 0 Å². The molecule has 0 aliphatic rings. The van der Waals surface area contributed by atoms with Crippen LogP contribution in [-0.2, 0) is 7.05 Å². The smallest absolute Gasteiger partial charge is 0.272 e. The Balaban J connectivity index is 1.88. The normalized spacial score (nSPS) is 12.3. The fraction of sp³-hybridized carbons (Fsp3) is 0.188. The van der Waals surface area contributed by atoms with Crippen LogP contribution < -0.4 is 5.32 Å². The maximum atomic E-state index is 12.4. The number of para-hydroxylation sites is 2. The fourth-order valence-electron chi connectivity index (χ4n) is 2.46. The molecule has 7 heteroatoms. The van der Waals surface area contributed by atoms with E-state index in [1.54, 1.807) is 6.07 Å². The van der Waals surface area contributed by atoms with Gasteiger partial charge in [0.1, 0.15) is 16.7 Å². The Morgan fingerprint density at radius 3 is 2.65 bits per heavy atom. The first-order chi connectivity index (χ1) is 11.0. The first kappa shape index (κ1) is 15.8. The molecule has 1 atom stereocenters. The van der Waals surface area contributed by atoms with Gasteiger partial charge in [0.15, 0.2) is 0 Å². The van der Waals surface area contributed by atoms with Crippen molar-refractivity contribution < 1.29 is 4.79 Å². The molecule has 0 unspecified atom stereocenters. The summed E-state index contributed by atoms with van der Waals surface area (Å²) in [5.41, 5.74) is 1.98. The summed E-state index contributed by atoms with van der Waals surface area (Å²) in [6.07, 6.45) is 0. The van der Waals surface area contributed by atoms with Crippen LogP contribution >= 0.6 is 23.2 Å². The van der Waals surface area contributed by atoms with E-state index in [2.05, 4.69) is 15.3 Å². The molecular formula is C16H14Cl2N4O. The summed E-state index contributed by atoms with van der Waals surface area (Å²) in [6.45, 7) is 1.86. The number of nitrogens with one attached hydrogen (secondary N) is 1. The molecule has 2 heterocycles. The molecule has 0 aliphatic carbocycles. The minimum Gasteiger partial charge on any atom is -0.341 e. The van der Waals surface area contributed by atoms with E-state index in [0.29, 0.717) is 0 Å². The highest BCUT2D eigenvalue weighted by molar-refractivity contribution is 6.34. The minimum atomic E-state index is -0.392. The lowest BCUT2D eigenvalue weighted by Crippen LogP contribution is -2.29. The molecule has 1 aromatic carbocycles. The highest BCUT2D eigenvalue weighted by Crippen LogP contribution is 2.21. The SMILES string of the molecule is C[C@H](NC(=O)c1nc(Cl)ccc1Cl)c1nc2ccccc2n1C. The van der Waals surface area contributed by atoms with Crippen molar-refractivity contribution in [3.63, 3.8) is 0 Å². The van der Waals surface area contributed by atoms with Crippen molar-refractivity contribution >= 4 is 40.1 Å². The van der Waals surface area contributed by atoms with Crippen LogP contribution in [-0.4, -0.2) is 20.4 Å². The lowest BCUT2D eigenvalue weighted by Gasteiger charge is -2.14. The molecule has 3 rings (SSSR count). The molecule has 0 spiro atoms. The van der Waals surface area contributed by atoms with Crippen molar-refractivity contribution in [1.82, 2.24) is 19.9 Å². The number of carbonyl (C=O) groups excluding carboxylic acids is 1. The molecule has 1 N–H and O–H groups in total. The van der Waals surface area contributed by atoms with Gasteiger partial charge in [-0.1, -0.05) is 35.3 Å². The van der Waals surface area contributed by atoms with Gasteiger partial charge in [0.25, 0.3) is 5.91 Å². The Morgan fingerprint density at radius 2 is 1.91 bits per heavy atom. The van der Waals surface area contributed by atoms with E-state index in [1.165, 1.54) is 6.07 Å². The van der Waals surface area contributed by atoms with Crippen LogP contribution in [0.4, 0.5) is 0 Å². The van der Waals surface area contributed by atoms with Gasteiger partial charge in [0.05, 0.1) is 22.1 Å². The number of aryl methyl sites for hydroxylation is 1. The molecular weight excluding hydrogens is 335 g/mol. The Kier molecular flexibility index (Phi) is 4.24. The number of carbonyl (C=O) groups is 1. The van der Waals surface area contributed by atoms with Gasteiger partial charge in [-0.2, -0.15) is 0 Å². The van der Waals surface area contributed by atoms with Crippen molar-refractivity contribution in [3.05, 3.63) is 58.1 Å². The molecule has 118 valence electrons. The zero-order valence-electron chi connectivity index (χ0n) is 12.5. The van der Waals surface area contributed by atoms with Gasteiger partial charge >= 0.3 is 0 Å². The molecule has 2 aromatic heterocycles. The number of hydrogen-bond donors (Lipinski definition) is 1. The van der Waals surface area contributed by atoms with Crippen molar-refractivity contribution in [2.75, 3.05) is 0 Å². The van der Waals surface area contributed by atoms with Gasteiger partial charge in [-0.25, -0.2) is 9.97 Å². The van der Waals surface area contributed by atoms with Crippen LogP contribution in [0.25, 0.3) is 11.0 Å². The first-order valence-electron chi connectivity index (χ1n) is 7.01. The zero-order valence-corrected chi connectivity index (χ0v) is 14.1. The Labute approximate surface area is 143 Å². The predicted molar refractivity (Wildman–Crippen MR) is 90.9 cm³/mol. The number of aromatic nitrogens is 3. The average molecular weight is 349 g/mol. The average Bonchev–Trinajstić information content (AvgIpc) is 2.87. The maximum Gasteiger partial charge on any atom is 0.272 e. The summed E-state index contributed by atoms with van der Waals surface area (Å²) in [5.74, 6) is 0.356. The monoisotopic (exact) mass is 348 g/mol. The van der Waals surface area contributed by atoms with Crippen LogP contribution in [0.15, 0.2) is 36.4 Å². The second-order valence-electron chi connectivity index (χ2n) is 5.18. The maximum absolute atomic E-state index is 12.4. The number of nitrogens with zero attached hydrogens (tertiary/aromatic N) is 3. The highest BCUT2D eigenvalue weighted by atomic mass is 35.5. The minimum absolute atomic E-state index is 0.102. The zero-order chi connectivity index (χ0) is 16.6. The van der Waals surface area contributed by atoms with Crippen LogP contribution in [0.3, 0.4) is 0 Å². The standard InChI is InChI=1S/C16H14Cl2N4O/c1-9(15-20-11-5-3-4-6-12(11)22(15)2)19-16(23)14-10(17)7-8-13(18)21-14/h3-9H,1-2H3,(H,19,23)/t9-/m0/s1. The van der Waals surface area contributed by atoms with Crippen LogP contribution in [0.1, 0.15) is 29.3 Å². The Morgan fingerprint density at radius 1 is 1.17 bits per heavy atom. The van der Waals surface area contributed by atoms with E-state index in [4.69, 9.17) is 23.2 Å². The van der Waals surface area contributed by atoms with E-state index in [1.807, 2.05) is 42.8 Å². The molecule has 0 saturated carbocycles. The highest BCUT2D eigenvalue weighted by Gasteiger charge is 2.19. The van der Waals surface area contributed by atoms with Crippen LogP contribution in [0, 0.1) is 0 Å². The lowest BCUT2D eigenvalue weighted by molar-refractivity contribution is 0.0933. The Bertz CT molecular complexity index is 891. The summed E-state index contributed by atoms with van der Waals surface area (Å²) < 4.78 is 1.95. The summed E-state index contributed by atoms with van der Waals surface area (Å²) >= 11 is 11.8. The van der Waals surface area contributed by atoms with E-state index in [0.717, 1.165) is 16.9 Å². The molecule has 3 aromatic rings. The number of pyridine rings is 1. The summed E-state index contributed by atoms with van der Waals surface area (Å²) in [7, 11) is 1.91. The first-order valence-corrected chi connectivity index (χ1v) is 7.77. The number of rotatable bonds is 3. The molecule has 23 heavy (non-hydrogen) atoms. The molecule has 0 radical (unpaired) electrons. The number of imidazole rings is 1. The van der Waals surface area contributed by atoms with Crippen molar-refractivity contribution in [1.29, 1.82) is 0 Å². The predicted octanol–water partition coefficient (Wildman–Crippen LogP) is 3.77. The molecule has 0 fully saturated rings. The third kappa shape index (κ3) is 3.02. The van der Waals surface area contributed by atoms with E-state index in [9.17, 15) is 4.79 Å². The second-order valence-corrected chi connectivity index (χ2v) is 5.97. The molecule has 0 bridgehead atoms. The molecule has 5 nitrogen and oxygen atoms in total. The number of fused-ring (bicyclic) bond motifs is 1. The number of benzene rings is 1. The second kappa shape index (κ2) is 6.18. The number of hydrogen-bond acceptors (Lipinski definition) is 3. The van der Waals surface area contributed by atoms with Crippen molar-refractivity contribution in [2.24, 2.45) is 7.05 Å². The Hall–Kier alpha value is -2.11. The summed E-state index contributed by atoms with van der Waals surface area (Å²) in [5, 5.41) is 3.33. The molecule has 0 aliphatic heterocycles. The quantitative estimate of drug-likeness (QED) is 0.733. The largest absolute Gasteiger partial charge is 0.341 e. The van der Waals surface area contributed by atoms with Crippen LogP contribution in [0.5, 0.6) is 0 Å². The topological polar surface area (TPSA) is 59.8 Å². The number of amides is 1. The van der Waals surface area contributed by atoms with Gasteiger partial charge in [0.2, 0.25) is 0 Å². The van der Waals surface area contributed by atoms with E-state index < -0.39 is 5.91 Å². The third-order valence-corrected chi connectivity index (χ3v) is 4.10. The van der Waals surface area contributed by atoms with Gasteiger partial charge in [-0.3, -0.25) is 4.79 Å². The lowest BCUT2D eigenvalue weighted by atomic mass is 10.2. The number of halogens is 2. The molecule has 0 saturated heterocycles. The van der Waals surface area contributed by atoms with Gasteiger partial charge in [-0.15, -0.1) is 0 Å². The fourth-order valence-corrected chi connectivity index (χ4v) is 2.80. The summed E-state index contributed by atoms with van der Waals surface area (Å²) in [6, 6.07) is 10.6. The van der Waals surface area contributed by atoms with Gasteiger partial charge in [0, 0.05) is 7.05 Å². The van der Waals surface area contributed by atoms with Crippen LogP contribution in [0.2, 0.25) is 10.2 Å². The van der Waals surface area contributed by atoms with Crippen molar-refractivity contribution in [2.45, 2.75) is 13.0 Å². The van der Waals surface area contributed by atoms with Gasteiger partial charge < -0.3 is 9.88 Å². The van der Waals surface area contributed by atoms with Crippen molar-refractivity contribution in [3.8, 4) is 0 Å². The van der Waals surface area contributed by atoms with E-state index in [-0.39, 0.29) is 21.9 Å². The summed E-state index contributed by atoms with van der Waals surface area (Å²) in [4.78, 5) is 20.9. The molecule has 1 amide bonds. The van der Waals surface area contributed by atoms with Gasteiger partial charge in [-0.05, 0) is 31.2 Å².